The van der Waals surface area contributed by atoms with E-state index in [1.165, 1.54) is 6.26 Å². The van der Waals surface area contributed by atoms with Crippen molar-refractivity contribution in [3.05, 3.63) is 247 Å². The summed E-state index contributed by atoms with van der Waals surface area (Å²) >= 11 is 11.0. The molecule has 20 nitrogen and oxygen atoms in total. The Bertz CT molecular complexity index is 4320. The van der Waals surface area contributed by atoms with Crippen LogP contribution in [0.2, 0.25) is 10.0 Å². The molecule has 576 valence electrons. The number of ether oxygens (including phenoxy) is 1. The molecule has 5 amide bonds. The van der Waals surface area contributed by atoms with Gasteiger partial charge in [0.15, 0.2) is 0 Å². The molecule has 12 rings (SSSR count). The molecule has 0 saturated carbocycles. The number of nitrogens with zero attached hydrogens (tertiary/aromatic N) is 6. The molecule has 4 radical (unpaired) electrons. The van der Waals surface area contributed by atoms with E-state index in [1.807, 2.05) is 125 Å². The number of carbonyl (C=O) groups excluding carboxylic acids is 6. The number of likely N-dealkylation sites (N-methyl/N-ethyl adjacent to an activating group) is 1. The van der Waals surface area contributed by atoms with Crippen molar-refractivity contribution in [2.45, 2.75) is 115 Å². The first-order chi connectivity index (χ1) is 49.5. The van der Waals surface area contributed by atoms with E-state index in [0.29, 0.717) is 73.5 Å². The van der Waals surface area contributed by atoms with E-state index in [0.717, 1.165) is 82.7 Å². The zero-order valence-corrected chi connectivity index (χ0v) is 76.7. The van der Waals surface area contributed by atoms with E-state index in [9.17, 15) is 28.8 Å². The Morgan fingerprint density at radius 2 is 1.09 bits per heavy atom. The quantitative estimate of drug-likeness (QED) is 0.0636. The zero-order chi connectivity index (χ0) is 75.1. The van der Waals surface area contributed by atoms with Crippen molar-refractivity contribution in [2.75, 3.05) is 36.5 Å². The van der Waals surface area contributed by atoms with Gasteiger partial charge in [-0.3, -0.25) is 55.1 Å². The first-order valence-corrected chi connectivity index (χ1v) is 34.1. The van der Waals surface area contributed by atoms with Gasteiger partial charge in [0.1, 0.15) is 34.6 Å². The van der Waals surface area contributed by atoms with Gasteiger partial charge in [-0.05, 0) is 60.8 Å². The number of urea groups is 2. The van der Waals surface area contributed by atoms with Gasteiger partial charge in [-0.2, -0.15) is 86.6 Å². The van der Waals surface area contributed by atoms with Crippen molar-refractivity contribution in [2.24, 2.45) is 17.8 Å². The molecule has 6 heterocycles. The SMILES string of the molecule is CC(C)C(=O)Cc1nocc1-c1[c-]cc[c-]c1.COc1[c-]cc(-c2c(C)noc2CC(=O)C(C)C)cc1.C[CH-]C.Clc1cc[c-]cc1.Clc1cc[c-]cc1.[CH2-]CN1C(=O)NCc2cc(-c3c(CC(=O)NCC)noc3C)ccc21.[CH2-]CN1C(=O)NCc2cc(-c3conc3CC(=O)C(C)C)[c-]cc21.[CH3-].[V+2].[V+2].[V+2].[V+2].[W].[W]. The van der Waals surface area contributed by atoms with Gasteiger partial charge in [-0.15, -0.1) is 71.2 Å². The molecule has 4 aromatic heterocycles. The third-order valence-corrected chi connectivity index (χ3v) is 15.9. The second-order valence-corrected chi connectivity index (χ2v) is 25.0. The molecule has 10 aromatic rings. The maximum Gasteiger partial charge on any atom is 2.00 e. The summed E-state index contributed by atoms with van der Waals surface area (Å²) in [5.41, 5.74) is 13.0. The van der Waals surface area contributed by atoms with Crippen LogP contribution in [0.4, 0.5) is 21.0 Å². The predicted molar refractivity (Wildman–Crippen MR) is 405 cm³/mol. The molecule has 28 heteroatoms. The minimum absolute atomic E-state index is 0. The van der Waals surface area contributed by atoms with E-state index in [4.69, 9.17) is 46.0 Å². The molecule has 0 bridgehead atoms. The fourth-order valence-corrected chi connectivity index (χ4v) is 10.1. The van der Waals surface area contributed by atoms with Crippen molar-refractivity contribution in [1.82, 2.24) is 36.6 Å². The largest absolute Gasteiger partial charge is 2.00 e. The van der Waals surface area contributed by atoms with Gasteiger partial charge in [0.2, 0.25) is 5.91 Å². The number of methoxy groups -OCH3 is 1. The van der Waals surface area contributed by atoms with Crippen molar-refractivity contribution in [3.8, 4) is 50.3 Å². The van der Waals surface area contributed by atoms with Gasteiger partial charge < -0.3 is 76.3 Å². The number of anilines is 2. The molecule has 6 aromatic carbocycles. The number of nitrogens with one attached hydrogen (secondary N) is 3. The molecule has 0 aliphatic carbocycles. The summed E-state index contributed by atoms with van der Waals surface area (Å²) in [5, 5.41) is 25.8. The maximum absolute atomic E-state index is 12.0. The van der Waals surface area contributed by atoms with Crippen LogP contribution in [0, 0.1) is 95.7 Å². The number of Topliss-reactive ketones (excluding diaryl/α,β-unsaturated/α-hetero) is 3. The van der Waals surface area contributed by atoms with Crippen LogP contribution in [-0.2, 0) is 174 Å². The normalized spacial score (nSPS) is 11.0. The maximum atomic E-state index is 12.0. The Labute approximate surface area is 734 Å². The summed E-state index contributed by atoms with van der Waals surface area (Å²) in [6.07, 6.45) is 6.03. The summed E-state index contributed by atoms with van der Waals surface area (Å²) in [5.74, 6) is 2.18. The van der Waals surface area contributed by atoms with Gasteiger partial charge in [-0.25, -0.2) is 9.59 Å². The van der Waals surface area contributed by atoms with Crippen LogP contribution < -0.4 is 30.5 Å². The monoisotopic (exact) mass is 2020 g/mol. The minimum atomic E-state index is -0.160. The Balaban J connectivity index is 0. The van der Waals surface area contributed by atoms with Crippen molar-refractivity contribution in [3.63, 3.8) is 0 Å². The number of fused-ring (bicyclic) bond motifs is 2. The smallest absolute Gasteiger partial charge is 0.523 e. The van der Waals surface area contributed by atoms with Crippen LogP contribution in [0.15, 0.2) is 146 Å². The first kappa shape index (κ1) is 105. The molecule has 110 heavy (non-hydrogen) atoms. The molecule has 0 spiro atoms. The number of benzene rings is 6. The second kappa shape index (κ2) is 54.9. The molecule has 2 aliphatic heterocycles. The van der Waals surface area contributed by atoms with E-state index in [2.05, 4.69) is 86.8 Å². The van der Waals surface area contributed by atoms with Crippen LogP contribution in [0.5, 0.6) is 5.75 Å². The van der Waals surface area contributed by atoms with Crippen molar-refractivity contribution >= 4 is 69.9 Å². The fraction of sp³-hybridized carbons (Fsp3) is 0.293. The van der Waals surface area contributed by atoms with Crippen molar-refractivity contribution in [1.29, 1.82) is 0 Å². The first-order valence-electron chi connectivity index (χ1n) is 33.4. The Morgan fingerprint density at radius 1 is 0.591 bits per heavy atom. The number of ketones is 3. The van der Waals surface area contributed by atoms with Gasteiger partial charge in [0.05, 0.1) is 43.9 Å². The number of rotatable bonds is 19. The number of halogens is 2. The average Bonchev–Trinajstić information content (AvgIpc) is 1.41. The van der Waals surface area contributed by atoms with Gasteiger partial charge in [0.25, 0.3) is 0 Å². The second-order valence-electron chi connectivity index (χ2n) is 24.1. The van der Waals surface area contributed by atoms with Crippen LogP contribution in [0.1, 0.15) is 108 Å². The molecule has 0 fully saturated rings. The Kier molecular flexibility index (Phi) is 52.5. The van der Waals surface area contributed by atoms with E-state index >= 15 is 0 Å². The summed E-state index contributed by atoms with van der Waals surface area (Å²) in [6.45, 7) is 30.6. The number of carbonyl (C=O) groups is 6. The number of hydrogen-bond donors (Lipinski definition) is 3. The standard InChI is InChI=1S/C18H21N4O3.C18H19N3O3.C16H18NO3.C14H13NO2.2C6H4Cl.C3H7.CH3.4V.2W/c1-4-19-16(23)9-14-17(11(3)25-21-14)12-6-7-15-13(8-12)10-20-18(24)22(15)5-2;1-4-21-16-6-5-12(7-13(16)9-19-18(21)23)14-10-24-20-15(14)8-17(22)11(2)3;1-10(2)14(18)9-15-16(11(3)17-20-15)12-5-7-13(19-4)8-6-12;1-10(2)14(16)8-13-12(9-17-15-13)11-6-4-3-5-7-11;2*7-6-4-2-1-3-5-6;1-3-2;;;;;;;/h6-8H,2,4-5,9-10H2,1,3H3,(H,19,23)(H,20,24);6-7,10-11H,1,4,8-9H2,2-3H3,(H,19,23);5-7,10H,9H2,1-4H3;3-4,7,9-10H,8H2,1-2H3;2*2-5H;3H,1-2H3;1H3;;;;;;/q-1;-2;-1;-2;4*-1;4*+2;;. The summed E-state index contributed by atoms with van der Waals surface area (Å²) < 4.78 is 25.7. The van der Waals surface area contributed by atoms with Gasteiger partial charge in [-0.1, -0.05) is 96.0 Å². The Morgan fingerprint density at radius 3 is 1.55 bits per heavy atom. The molecule has 3 N–H and O–H groups in total. The van der Waals surface area contributed by atoms with Crippen LogP contribution in [-0.4, -0.2) is 82.7 Å². The summed E-state index contributed by atoms with van der Waals surface area (Å²) in [6, 6.07) is 52.4. The Hall–Kier alpha value is -6.73. The van der Waals surface area contributed by atoms with Gasteiger partial charge in [0, 0.05) is 115 Å². The number of aryl methyl sites for hydroxylation is 2. The van der Waals surface area contributed by atoms with E-state index in [1.54, 1.807) is 96.0 Å². The number of amides is 5. The summed E-state index contributed by atoms with van der Waals surface area (Å²) in [7, 11) is 1.60. The molecular weight excluding hydrogens is 1930 g/mol. The fourth-order valence-electron chi connectivity index (χ4n) is 9.89. The molecule has 0 atom stereocenters. The van der Waals surface area contributed by atoms with Crippen LogP contribution in [0.25, 0.3) is 44.5 Å². The van der Waals surface area contributed by atoms with E-state index < -0.39 is 0 Å². The molecule has 0 unspecified atom stereocenters. The number of hydrogen-bond acceptors (Lipinski definition) is 15. The molecular formula is C82H89Cl2N9O11V4W2-2. The topological polar surface area (TPSA) is 258 Å². The van der Waals surface area contributed by atoms with Crippen LogP contribution in [0.3, 0.4) is 0 Å². The molecule has 0 saturated heterocycles. The molecule has 2 aliphatic rings. The predicted octanol–water partition coefficient (Wildman–Crippen LogP) is 16.8. The third kappa shape index (κ3) is 32.0. The number of aromatic nitrogens is 4. The van der Waals surface area contributed by atoms with E-state index in [-0.39, 0.29) is 196 Å². The third-order valence-electron chi connectivity index (χ3n) is 15.4. The van der Waals surface area contributed by atoms with Gasteiger partial charge >= 0.3 is 86.3 Å². The summed E-state index contributed by atoms with van der Waals surface area (Å²) in [4.78, 5) is 74.4. The minimum Gasteiger partial charge on any atom is -0.523 e. The van der Waals surface area contributed by atoms with Crippen LogP contribution >= 0.6 is 23.2 Å². The zero-order valence-electron chi connectivity index (χ0n) is 63.7. The van der Waals surface area contributed by atoms with Crippen molar-refractivity contribution < 1.29 is 168 Å². The average molecular weight is 2020 g/mol.